The summed E-state index contributed by atoms with van der Waals surface area (Å²) in [6.45, 7) is 1.13. The van der Waals surface area contributed by atoms with E-state index in [2.05, 4.69) is 4.98 Å². The molecule has 4 rings (SSSR count). The molecule has 0 radical (unpaired) electrons. The number of aromatic nitrogens is 1. The number of carbonyl (C=O) groups excluding carboxylic acids is 2. The van der Waals surface area contributed by atoms with Gasteiger partial charge in [-0.2, -0.15) is 0 Å². The van der Waals surface area contributed by atoms with Gasteiger partial charge in [0, 0.05) is 53.2 Å². The number of thioether (sulfide) groups is 1. The molecule has 0 spiro atoms. The minimum absolute atomic E-state index is 0.00856. The lowest BCUT2D eigenvalue weighted by Crippen LogP contribution is -2.40. The number of hydrogen-bond acceptors (Lipinski definition) is 4. The highest BCUT2D eigenvalue weighted by molar-refractivity contribution is 7.98. The zero-order valence-electron chi connectivity index (χ0n) is 17.3. The molecule has 164 valence electrons. The Morgan fingerprint density at radius 2 is 1.69 bits per heavy atom. The van der Waals surface area contributed by atoms with E-state index < -0.39 is 0 Å². The molecule has 3 aromatic rings. The molecule has 7 heteroatoms. The zero-order chi connectivity index (χ0) is 22.5. The number of carbonyl (C=O) groups is 2. The van der Waals surface area contributed by atoms with Crippen LogP contribution in [0.1, 0.15) is 39.1 Å². The van der Waals surface area contributed by atoms with Gasteiger partial charge in [-0.3, -0.25) is 14.6 Å². The summed E-state index contributed by atoms with van der Waals surface area (Å²) in [6.07, 6.45) is 4.91. The predicted molar refractivity (Wildman–Crippen MR) is 130 cm³/mol. The third-order valence-electron chi connectivity index (χ3n) is 5.59. The molecule has 1 saturated heterocycles. The number of Topliss-reactive ketones (excluding diaryl/α,β-unsaturated/α-hetero) is 1. The molecule has 1 fully saturated rings. The molecule has 0 saturated carbocycles. The molecule has 0 aliphatic carbocycles. The second kappa shape index (κ2) is 10.5. The van der Waals surface area contributed by atoms with E-state index in [1.54, 1.807) is 36.2 Å². The van der Waals surface area contributed by atoms with Gasteiger partial charge < -0.3 is 4.90 Å². The Bertz CT molecular complexity index is 1100. The molecule has 0 unspecified atom stereocenters. The van der Waals surface area contributed by atoms with E-state index in [1.165, 1.54) is 0 Å². The third kappa shape index (κ3) is 5.52. The lowest BCUT2D eigenvalue weighted by molar-refractivity contribution is 0.0650. The maximum absolute atomic E-state index is 12.9. The van der Waals surface area contributed by atoms with E-state index in [4.69, 9.17) is 23.2 Å². The maximum atomic E-state index is 12.9. The lowest BCUT2D eigenvalue weighted by Gasteiger charge is -2.31. The van der Waals surface area contributed by atoms with Gasteiger partial charge in [-0.25, -0.2) is 0 Å². The monoisotopic (exact) mass is 484 g/mol. The summed E-state index contributed by atoms with van der Waals surface area (Å²) >= 11 is 13.7. The van der Waals surface area contributed by atoms with Gasteiger partial charge in [0.1, 0.15) is 0 Å². The highest BCUT2D eigenvalue weighted by Crippen LogP contribution is 2.28. The average Bonchev–Trinajstić information content (AvgIpc) is 2.84. The number of halogens is 2. The van der Waals surface area contributed by atoms with Crippen molar-refractivity contribution in [1.82, 2.24) is 9.88 Å². The summed E-state index contributed by atoms with van der Waals surface area (Å²) in [5.74, 6) is 0.795. The topological polar surface area (TPSA) is 50.3 Å². The van der Waals surface area contributed by atoms with Gasteiger partial charge in [-0.05, 0) is 66.9 Å². The van der Waals surface area contributed by atoms with Gasteiger partial charge in [0.15, 0.2) is 5.78 Å². The Morgan fingerprint density at radius 1 is 0.969 bits per heavy atom. The first-order chi connectivity index (χ1) is 15.5. The smallest absolute Gasteiger partial charge is 0.253 e. The number of rotatable bonds is 6. The molecule has 0 atom stereocenters. The van der Waals surface area contributed by atoms with Crippen molar-refractivity contribution in [2.45, 2.75) is 23.5 Å². The van der Waals surface area contributed by atoms with Gasteiger partial charge >= 0.3 is 0 Å². The Morgan fingerprint density at radius 3 is 2.34 bits per heavy atom. The predicted octanol–water partition coefficient (Wildman–Crippen LogP) is 6.42. The normalized spacial score (nSPS) is 14.4. The second-order valence-corrected chi connectivity index (χ2v) is 9.60. The third-order valence-corrected chi connectivity index (χ3v) is 7.41. The first-order valence-corrected chi connectivity index (χ1v) is 12.2. The summed E-state index contributed by atoms with van der Waals surface area (Å²) in [5, 5.41) is 0.817. The van der Waals surface area contributed by atoms with Crippen LogP contribution in [0.4, 0.5) is 0 Å². The van der Waals surface area contributed by atoms with Crippen molar-refractivity contribution in [2.75, 3.05) is 13.1 Å². The number of benzene rings is 2. The van der Waals surface area contributed by atoms with Crippen LogP contribution in [0.25, 0.3) is 0 Å². The Kier molecular flexibility index (Phi) is 7.51. The molecule has 0 N–H and O–H groups in total. The molecular weight excluding hydrogens is 463 g/mol. The van der Waals surface area contributed by atoms with Crippen molar-refractivity contribution in [3.05, 3.63) is 93.7 Å². The van der Waals surface area contributed by atoms with Crippen molar-refractivity contribution < 1.29 is 9.59 Å². The fraction of sp³-hybridized carbons (Fsp3) is 0.240. The molecule has 1 aliphatic rings. The molecule has 2 aromatic carbocycles. The van der Waals surface area contributed by atoms with Gasteiger partial charge in [0.2, 0.25) is 0 Å². The molecule has 2 heterocycles. The molecule has 1 amide bonds. The Hall–Kier alpha value is -2.34. The van der Waals surface area contributed by atoms with E-state index in [9.17, 15) is 9.59 Å². The van der Waals surface area contributed by atoms with Crippen LogP contribution in [-0.4, -0.2) is 34.7 Å². The number of nitrogens with zero attached hydrogens (tertiary/aromatic N) is 2. The van der Waals surface area contributed by atoms with E-state index in [0.29, 0.717) is 47.1 Å². The van der Waals surface area contributed by atoms with E-state index in [1.807, 2.05) is 47.5 Å². The van der Waals surface area contributed by atoms with Crippen LogP contribution < -0.4 is 0 Å². The molecule has 1 aliphatic heterocycles. The number of hydrogen-bond donors (Lipinski definition) is 0. The Labute approximate surface area is 201 Å². The number of ketones is 1. The number of amides is 1. The van der Waals surface area contributed by atoms with Crippen LogP contribution in [-0.2, 0) is 5.75 Å². The fourth-order valence-electron chi connectivity index (χ4n) is 3.76. The summed E-state index contributed by atoms with van der Waals surface area (Å²) in [4.78, 5) is 32.8. The van der Waals surface area contributed by atoms with Gasteiger partial charge in [-0.15, -0.1) is 11.8 Å². The SMILES string of the molecule is O=C(c1ccc(Cl)c(Cl)c1)C1CCN(C(=O)c2ccc(SCc3cccnc3)cc2)CC1. The van der Waals surface area contributed by atoms with Crippen LogP contribution in [0.2, 0.25) is 10.0 Å². The highest BCUT2D eigenvalue weighted by Gasteiger charge is 2.28. The van der Waals surface area contributed by atoms with Crippen LogP contribution in [0.5, 0.6) is 0 Å². The zero-order valence-corrected chi connectivity index (χ0v) is 19.7. The quantitative estimate of drug-likeness (QED) is 0.299. The molecule has 4 nitrogen and oxygen atoms in total. The van der Waals surface area contributed by atoms with E-state index in [0.717, 1.165) is 16.2 Å². The Balaban J connectivity index is 1.31. The summed E-state index contributed by atoms with van der Waals surface area (Å²) < 4.78 is 0. The van der Waals surface area contributed by atoms with E-state index in [-0.39, 0.29) is 17.6 Å². The fourth-order valence-corrected chi connectivity index (χ4v) is 4.89. The van der Waals surface area contributed by atoms with Crippen LogP contribution in [0.3, 0.4) is 0 Å². The van der Waals surface area contributed by atoms with Crippen molar-refractivity contribution in [2.24, 2.45) is 5.92 Å². The number of piperidine rings is 1. The van der Waals surface area contributed by atoms with E-state index >= 15 is 0 Å². The number of pyridine rings is 1. The van der Waals surface area contributed by atoms with Crippen molar-refractivity contribution in [1.29, 1.82) is 0 Å². The average molecular weight is 485 g/mol. The minimum Gasteiger partial charge on any atom is -0.339 e. The van der Waals surface area contributed by atoms with Crippen LogP contribution in [0.15, 0.2) is 71.9 Å². The molecule has 0 bridgehead atoms. The first kappa shape index (κ1) is 22.8. The molecule has 32 heavy (non-hydrogen) atoms. The molecule has 1 aromatic heterocycles. The summed E-state index contributed by atoms with van der Waals surface area (Å²) in [7, 11) is 0. The van der Waals surface area contributed by atoms with Crippen molar-refractivity contribution >= 4 is 46.7 Å². The van der Waals surface area contributed by atoms with Gasteiger partial charge in [0.05, 0.1) is 10.0 Å². The maximum Gasteiger partial charge on any atom is 0.253 e. The van der Waals surface area contributed by atoms with Gasteiger partial charge in [-0.1, -0.05) is 29.3 Å². The van der Waals surface area contributed by atoms with Crippen molar-refractivity contribution in [3.8, 4) is 0 Å². The van der Waals surface area contributed by atoms with Crippen LogP contribution >= 0.6 is 35.0 Å². The number of likely N-dealkylation sites (tertiary alicyclic amines) is 1. The van der Waals surface area contributed by atoms with Crippen LogP contribution in [0, 0.1) is 5.92 Å². The molecular formula is C25H22Cl2N2O2S. The summed E-state index contributed by atoms with van der Waals surface area (Å²) in [6, 6.07) is 16.7. The first-order valence-electron chi connectivity index (χ1n) is 10.4. The largest absolute Gasteiger partial charge is 0.339 e. The lowest BCUT2D eigenvalue weighted by atomic mass is 9.88. The standard InChI is InChI=1S/C25H22Cl2N2O2S/c26-22-8-5-20(14-23(22)27)24(30)18-9-12-29(13-10-18)25(31)19-3-6-21(7-4-19)32-16-17-2-1-11-28-15-17/h1-8,11,14-15,18H,9-10,12-13,16H2. The van der Waals surface area contributed by atoms with Gasteiger partial charge in [0.25, 0.3) is 5.91 Å². The summed E-state index contributed by atoms with van der Waals surface area (Å²) in [5.41, 5.74) is 2.41. The highest BCUT2D eigenvalue weighted by atomic mass is 35.5. The van der Waals surface area contributed by atoms with Crippen molar-refractivity contribution in [3.63, 3.8) is 0 Å². The minimum atomic E-state index is -0.109. The second-order valence-electron chi connectivity index (χ2n) is 7.73.